The highest BCUT2D eigenvalue weighted by Crippen LogP contribution is 2.42. The third-order valence-electron chi connectivity index (χ3n) is 5.07. The lowest BCUT2D eigenvalue weighted by atomic mass is 9.64. The first kappa shape index (κ1) is 19.6. The third kappa shape index (κ3) is 3.72. The number of imide groups is 2. The minimum atomic E-state index is -1.29. The average molecular weight is 340 g/mol. The summed E-state index contributed by atoms with van der Waals surface area (Å²) in [4.78, 5) is 36.8. The number of amides is 4. The predicted octanol–water partition coefficient (Wildman–Crippen LogP) is 1.04. The van der Waals surface area contributed by atoms with Gasteiger partial charge in [-0.3, -0.25) is 20.2 Å². The molecule has 2 unspecified atom stereocenters. The molecular formula is C16H28N2O4Si. The molecule has 23 heavy (non-hydrogen) atoms. The van der Waals surface area contributed by atoms with Crippen molar-refractivity contribution in [3.05, 3.63) is 12.7 Å². The van der Waals surface area contributed by atoms with Crippen molar-refractivity contribution in [1.82, 2.24) is 10.6 Å². The molecule has 1 saturated heterocycles. The summed E-state index contributed by atoms with van der Waals surface area (Å²) in [5.74, 6) is -1.44. The third-order valence-corrected chi connectivity index (χ3v) is 6.13. The van der Waals surface area contributed by atoms with Gasteiger partial charge in [-0.05, 0) is 32.6 Å². The number of carbonyl (C=O) groups is 3. The van der Waals surface area contributed by atoms with Crippen LogP contribution in [-0.2, 0) is 14.0 Å². The maximum Gasteiger partial charge on any atom is 0.328 e. The van der Waals surface area contributed by atoms with Gasteiger partial charge in [-0.25, -0.2) is 4.79 Å². The van der Waals surface area contributed by atoms with Gasteiger partial charge in [0, 0.05) is 5.92 Å². The summed E-state index contributed by atoms with van der Waals surface area (Å²) in [6, 6.07) is -0.757. The van der Waals surface area contributed by atoms with Gasteiger partial charge in [0.05, 0.1) is 5.60 Å². The summed E-state index contributed by atoms with van der Waals surface area (Å²) in [5.41, 5.74) is -1.81. The van der Waals surface area contributed by atoms with Crippen LogP contribution in [0.4, 0.5) is 4.79 Å². The van der Waals surface area contributed by atoms with Crippen molar-refractivity contribution < 1.29 is 18.8 Å². The van der Waals surface area contributed by atoms with E-state index < -0.39 is 28.9 Å². The van der Waals surface area contributed by atoms with Crippen LogP contribution in [0, 0.1) is 17.3 Å². The number of rotatable bonds is 8. The van der Waals surface area contributed by atoms with E-state index in [1.807, 2.05) is 27.7 Å². The molecule has 0 aromatic rings. The Labute approximate surface area is 141 Å². The van der Waals surface area contributed by atoms with Crippen molar-refractivity contribution in [2.75, 3.05) is 0 Å². The van der Waals surface area contributed by atoms with Gasteiger partial charge in [0.15, 0.2) is 0 Å². The summed E-state index contributed by atoms with van der Waals surface area (Å²) in [6.45, 7) is 11.6. The summed E-state index contributed by atoms with van der Waals surface area (Å²) < 4.78 is 5.65. The number of urea groups is 1. The summed E-state index contributed by atoms with van der Waals surface area (Å²) in [6.07, 6.45) is 3.55. The molecule has 130 valence electrons. The van der Waals surface area contributed by atoms with Crippen LogP contribution in [0.2, 0.25) is 0 Å². The molecule has 4 amide bonds. The highest BCUT2D eigenvalue weighted by molar-refractivity contribution is 6.19. The maximum absolute atomic E-state index is 12.7. The lowest BCUT2D eigenvalue weighted by molar-refractivity contribution is -0.150. The topological polar surface area (TPSA) is 84.5 Å². The van der Waals surface area contributed by atoms with Crippen molar-refractivity contribution in [2.24, 2.45) is 17.3 Å². The minimum absolute atomic E-state index is 0.191. The highest BCUT2D eigenvalue weighted by atomic mass is 28.2. The molecule has 1 aliphatic rings. The molecule has 6 nitrogen and oxygen atoms in total. The lowest BCUT2D eigenvalue weighted by Crippen LogP contribution is -2.65. The lowest BCUT2D eigenvalue weighted by Gasteiger charge is -2.43. The Morgan fingerprint density at radius 1 is 1.30 bits per heavy atom. The van der Waals surface area contributed by atoms with Crippen molar-refractivity contribution in [1.29, 1.82) is 0 Å². The molecule has 1 aliphatic heterocycles. The van der Waals surface area contributed by atoms with Crippen LogP contribution in [0.15, 0.2) is 12.7 Å². The first-order valence-corrected chi connectivity index (χ1v) is 8.81. The van der Waals surface area contributed by atoms with Crippen LogP contribution >= 0.6 is 0 Å². The number of nitrogens with one attached hydrogen (secondary N) is 2. The Kier molecular flexibility index (Phi) is 6.30. The van der Waals surface area contributed by atoms with Crippen molar-refractivity contribution in [3.63, 3.8) is 0 Å². The van der Waals surface area contributed by atoms with Gasteiger partial charge < -0.3 is 4.43 Å². The van der Waals surface area contributed by atoms with Gasteiger partial charge in [-0.1, -0.05) is 26.3 Å². The van der Waals surface area contributed by atoms with Crippen molar-refractivity contribution >= 4 is 28.3 Å². The summed E-state index contributed by atoms with van der Waals surface area (Å²) in [7, 11) is 0.540. The van der Waals surface area contributed by atoms with Gasteiger partial charge in [0.25, 0.3) is 0 Å². The molecule has 0 aliphatic carbocycles. The highest BCUT2D eigenvalue weighted by Gasteiger charge is 2.55. The van der Waals surface area contributed by atoms with Crippen LogP contribution in [0.3, 0.4) is 0 Å². The monoisotopic (exact) mass is 340 g/mol. The van der Waals surface area contributed by atoms with E-state index in [2.05, 4.69) is 17.2 Å². The van der Waals surface area contributed by atoms with E-state index in [-0.39, 0.29) is 18.3 Å². The largest absolute Gasteiger partial charge is 0.422 e. The molecular weight excluding hydrogens is 312 g/mol. The molecule has 2 atom stereocenters. The molecule has 1 fully saturated rings. The first-order valence-electron chi connectivity index (χ1n) is 8.00. The first-order chi connectivity index (χ1) is 10.7. The zero-order valence-electron chi connectivity index (χ0n) is 14.7. The minimum Gasteiger partial charge on any atom is -0.422 e. The fraction of sp³-hybridized carbons (Fsp3) is 0.688. The quantitative estimate of drug-likeness (QED) is 0.393. The number of carbonyl (C=O) groups excluding carboxylic acids is 3. The standard InChI is InChI=1S/C16H28N2O4Si/c1-6-8-10(3)16(9-11(7-2)15(4,5)22-23)12(19)17-14(21)18-13(16)20/h7,10-11H,2,6,8-9H2,1,3-5,23H3,(H2,17,18,19,20,21). The van der Waals surface area contributed by atoms with E-state index >= 15 is 0 Å². The SMILES string of the molecule is C=CC(CC1(C(C)CCC)C(=O)NC(=O)NC1=O)C(C)(C)O[SiH3]. The number of hydrogen-bond acceptors (Lipinski definition) is 4. The van der Waals surface area contributed by atoms with Gasteiger partial charge in [0.1, 0.15) is 15.9 Å². The molecule has 0 saturated carbocycles. The predicted molar refractivity (Wildman–Crippen MR) is 91.6 cm³/mol. The Morgan fingerprint density at radius 3 is 2.22 bits per heavy atom. The Morgan fingerprint density at radius 2 is 1.83 bits per heavy atom. The van der Waals surface area contributed by atoms with Crippen molar-refractivity contribution in [2.45, 2.75) is 52.6 Å². The Hall–Kier alpha value is -1.47. The second-order valence-corrected chi connectivity index (χ2v) is 7.16. The van der Waals surface area contributed by atoms with E-state index in [1.54, 1.807) is 6.08 Å². The van der Waals surface area contributed by atoms with Crippen LogP contribution in [-0.4, -0.2) is 33.9 Å². The van der Waals surface area contributed by atoms with Crippen molar-refractivity contribution in [3.8, 4) is 0 Å². The molecule has 0 aromatic heterocycles. The Balaban J connectivity index is 3.30. The molecule has 0 spiro atoms. The Bertz CT molecular complexity index is 484. The normalized spacial score (nSPS) is 20.6. The van der Waals surface area contributed by atoms with Gasteiger partial charge in [-0.15, -0.1) is 6.58 Å². The number of hydrogen-bond donors (Lipinski definition) is 2. The van der Waals surface area contributed by atoms with Gasteiger partial charge >= 0.3 is 6.03 Å². The van der Waals surface area contributed by atoms with E-state index in [9.17, 15) is 14.4 Å². The summed E-state index contributed by atoms with van der Waals surface area (Å²) in [5, 5.41) is 4.53. The molecule has 0 radical (unpaired) electrons. The fourth-order valence-electron chi connectivity index (χ4n) is 3.19. The fourth-order valence-corrected chi connectivity index (χ4v) is 3.49. The zero-order chi connectivity index (χ0) is 17.8. The van der Waals surface area contributed by atoms with E-state index in [0.29, 0.717) is 16.9 Å². The van der Waals surface area contributed by atoms with Crippen LogP contribution in [0.1, 0.15) is 47.0 Å². The smallest absolute Gasteiger partial charge is 0.328 e. The summed E-state index contributed by atoms with van der Waals surface area (Å²) >= 11 is 0. The van der Waals surface area contributed by atoms with Gasteiger partial charge in [-0.2, -0.15) is 0 Å². The average Bonchev–Trinajstić information content (AvgIpc) is 2.46. The molecule has 1 heterocycles. The number of barbiturate groups is 1. The molecule has 0 aromatic carbocycles. The van der Waals surface area contributed by atoms with E-state index in [4.69, 9.17) is 4.43 Å². The second-order valence-electron chi connectivity index (χ2n) is 6.75. The second kappa shape index (κ2) is 7.40. The zero-order valence-corrected chi connectivity index (χ0v) is 16.7. The van der Waals surface area contributed by atoms with Crippen LogP contribution in [0.25, 0.3) is 0 Å². The molecule has 2 N–H and O–H groups in total. The van der Waals surface area contributed by atoms with E-state index in [1.165, 1.54) is 0 Å². The molecule has 7 heteroatoms. The molecule has 1 rings (SSSR count). The van der Waals surface area contributed by atoms with Gasteiger partial charge in [0.2, 0.25) is 11.8 Å². The van der Waals surface area contributed by atoms with E-state index in [0.717, 1.165) is 6.42 Å². The molecule has 0 bridgehead atoms. The maximum atomic E-state index is 12.7. The van der Waals surface area contributed by atoms with Crippen LogP contribution < -0.4 is 10.6 Å². The van der Waals surface area contributed by atoms with Crippen LogP contribution in [0.5, 0.6) is 0 Å².